The van der Waals surface area contributed by atoms with Crippen LogP contribution in [0.25, 0.3) is 0 Å². The average Bonchev–Trinajstić information content (AvgIpc) is 4.09. The number of carbonyl (C=O) groups excluding carboxylic acids is 3. The van der Waals surface area contributed by atoms with Crippen molar-refractivity contribution in [1.82, 2.24) is 19.1 Å². The Morgan fingerprint density at radius 3 is 1.52 bits per heavy atom. The molecule has 2 fully saturated rings. The maximum atomic E-state index is 12.9. The molecule has 8 rings (SSSR count). The third-order valence-electron chi connectivity index (χ3n) is 10.0. The third-order valence-corrected chi connectivity index (χ3v) is 13.4. The zero-order chi connectivity index (χ0) is 43.5. The minimum atomic E-state index is -1.04. The number of nitrogens with two attached hydrogens (primary N) is 1. The molecule has 4 aromatic heterocycles. The summed E-state index contributed by atoms with van der Waals surface area (Å²) in [6, 6.07) is 18.4. The van der Waals surface area contributed by atoms with Gasteiger partial charge in [0.1, 0.15) is 11.4 Å². The van der Waals surface area contributed by atoms with Crippen LogP contribution in [0.5, 0.6) is 0 Å². The van der Waals surface area contributed by atoms with Crippen molar-refractivity contribution in [1.29, 1.82) is 0 Å². The zero-order valence-electron chi connectivity index (χ0n) is 34.0. The summed E-state index contributed by atoms with van der Waals surface area (Å²) >= 11 is 7.69. The highest BCUT2D eigenvalue weighted by atomic mass is 127. The molecule has 1 amide bonds. The summed E-state index contributed by atoms with van der Waals surface area (Å²) < 4.78 is 5.71. The highest BCUT2D eigenvalue weighted by Crippen LogP contribution is 2.27. The fraction of sp³-hybridized carbons (Fsp3) is 0.318. The number of carboxylic acids is 1. The minimum absolute atomic E-state index is 0.0654. The number of aromatic nitrogens is 4. The molecule has 0 bridgehead atoms. The number of nitrogens with one attached hydrogen (secondary N) is 1. The Kier molecular flexibility index (Phi) is 16.5. The number of hydrogen-bond donors (Lipinski definition) is 3. The number of piperidine rings is 2. The van der Waals surface area contributed by atoms with Gasteiger partial charge < -0.3 is 35.1 Å². The van der Waals surface area contributed by atoms with Gasteiger partial charge in [-0.15, -0.1) is 22.7 Å². The molecule has 0 atom stereocenters. The van der Waals surface area contributed by atoms with Gasteiger partial charge in [-0.2, -0.15) is 0 Å². The van der Waals surface area contributed by atoms with E-state index in [0.717, 1.165) is 62.8 Å². The Bertz CT molecular complexity index is 2410. The average molecular weight is 1090 g/mol. The maximum Gasteiger partial charge on any atom is 0.352 e. The van der Waals surface area contributed by atoms with Crippen molar-refractivity contribution in [3.8, 4) is 0 Å². The topological polar surface area (TPSA) is 169 Å². The summed E-state index contributed by atoms with van der Waals surface area (Å²) in [6.07, 6.45) is 10.7. The van der Waals surface area contributed by atoms with Gasteiger partial charge in [0.2, 0.25) is 0 Å². The van der Waals surface area contributed by atoms with Crippen molar-refractivity contribution in [2.24, 2.45) is 0 Å². The molecule has 6 heterocycles. The SMILES string of the molecule is CC(=O)c1cc(C(=O)Nc2ccc(I)cc2)n(Cc2csc(N3CCCCC3)n2)c1.CC(=O)c1cc(C(=O)O)n(Cc2csc(N3CCCCC3)n2)c1.Nc1ccc(I)cc1. The van der Waals surface area contributed by atoms with Crippen LogP contribution >= 0.6 is 67.9 Å². The predicted molar refractivity (Wildman–Crippen MR) is 261 cm³/mol. The Hall–Kier alpha value is -4.60. The van der Waals surface area contributed by atoms with Gasteiger partial charge in [0.15, 0.2) is 21.8 Å². The molecule has 61 heavy (non-hydrogen) atoms. The Morgan fingerprint density at radius 2 is 1.10 bits per heavy atom. The van der Waals surface area contributed by atoms with Gasteiger partial charge in [-0.05, 0) is 158 Å². The number of halogens is 2. The van der Waals surface area contributed by atoms with E-state index >= 15 is 0 Å². The largest absolute Gasteiger partial charge is 0.477 e. The van der Waals surface area contributed by atoms with Gasteiger partial charge in [0.05, 0.1) is 24.5 Å². The van der Waals surface area contributed by atoms with E-state index in [1.165, 1.54) is 62.0 Å². The lowest BCUT2D eigenvalue weighted by Crippen LogP contribution is -2.29. The van der Waals surface area contributed by atoms with Gasteiger partial charge >= 0.3 is 5.97 Å². The van der Waals surface area contributed by atoms with E-state index in [-0.39, 0.29) is 23.2 Å². The number of carboxylic acid groups (broad SMARTS) is 1. The summed E-state index contributed by atoms with van der Waals surface area (Å²) in [5.74, 6) is -1.48. The lowest BCUT2D eigenvalue weighted by molar-refractivity contribution is 0.0685. The number of anilines is 4. The third kappa shape index (κ3) is 13.2. The number of nitrogen functional groups attached to an aromatic ring is 1. The zero-order valence-corrected chi connectivity index (χ0v) is 39.9. The fourth-order valence-corrected chi connectivity index (χ4v) is 9.24. The summed E-state index contributed by atoms with van der Waals surface area (Å²) in [5, 5.41) is 18.2. The van der Waals surface area contributed by atoms with Crippen molar-refractivity contribution >= 4 is 113 Å². The lowest BCUT2D eigenvalue weighted by atomic mass is 10.1. The van der Waals surface area contributed by atoms with Crippen molar-refractivity contribution in [2.75, 3.05) is 47.0 Å². The molecule has 320 valence electrons. The minimum Gasteiger partial charge on any atom is -0.477 e. The summed E-state index contributed by atoms with van der Waals surface area (Å²) in [6.45, 7) is 7.92. The van der Waals surface area contributed by atoms with E-state index in [1.807, 2.05) is 63.9 Å². The summed E-state index contributed by atoms with van der Waals surface area (Å²) in [7, 11) is 0. The lowest BCUT2D eigenvalue weighted by Gasteiger charge is -2.25. The van der Waals surface area contributed by atoms with E-state index in [0.29, 0.717) is 29.9 Å². The molecule has 0 saturated carbocycles. The van der Waals surface area contributed by atoms with E-state index in [9.17, 15) is 24.3 Å². The van der Waals surface area contributed by atoms with Gasteiger partial charge in [-0.3, -0.25) is 14.4 Å². The molecule has 4 N–H and O–H groups in total. The van der Waals surface area contributed by atoms with Crippen LogP contribution in [0.4, 0.5) is 21.6 Å². The van der Waals surface area contributed by atoms with Gasteiger partial charge in [0, 0.05) is 79.0 Å². The van der Waals surface area contributed by atoms with E-state index < -0.39 is 5.97 Å². The number of rotatable bonds is 11. The van der Waals surface area contributed by atoms with Crippen LogP contribution in [0.2, 0.25) is 0 Å². The first-order valence-electron chi connectivity index (χ1n) is 19.9. The van der Waals surface area contributed by atoms with Crippen LogP contribution in [0.3, 0.4) is 0 Å². The Labute approximate surface area is 390 Å². The second-order valence-corrected chi connectivity index (χ2v) is 18.9. The molecule has 2 aromatic carbocycles. The molecule has 2 saturated heterocycles. The molecule has 0 radical (unpaired) electrons. The van der Waals surface area contributed by atoms with E-state index in [4.69, 9.17) is 10.7 Å². The number of aromatic carboxylic acids is 1. The second kappa shape index (κ2) is 22.0. The standard InChI is InChI=1S/C22H23IN4O2S.C16H19N3O3S.C6H6IN/c1-15(28)16-11-20(21(29)24-18-7-5-17(23)6-8-18)27(12-16)13-19-14-30-22(25-19)26-9-3-2-4-10-26;1-11(20)12-7-14(15(21)22)19(8-12)9-13-10-23-16(17-13)18-5-3-2-4-6-18;7-5-1-3-6(8)4-2-5/h5-8,11-12,14H,2-4,9-10,13H2,1H3,(H,24,29);7-8,10H,2-6,9H2,1H3,(H,21,22);1-4H,8H2. The van der Waals surface area contributed by atoms with Crippen molar-refractivity contribution < 1.29 is 24.3 Å². The number of hydrogen-bond acceptors (Lipinski definition) is 11. The number of thiazole rings is 2. The Balaban J connectivity index is 0.000000177. The van der Waals surface area contributed by atoms with Gasteiger partial charge in [-0.25, -0.2) is 14.8 Å². The molecular weight excluding hydrogens is 1040 g/mol. The first-order valence-corrected chi connectivity index (χ1v) is 23.9. The molecule has 2 aliphatic rings. The molecule has 17 heteroatoms. The first kappa shape index (κ1) is 45.9. The Morgan fingerprint density at radius 1 is 0.672 bits per heavy atom. The molecule has 0 unspecified atom stereocenters. The molecule has 2 aliphatic heterocycles. The second-order valence-electron chi connectivity index (χ2n) is 14.8. The fourth-order valence-electron chi connectivity index (χ4n) is 6.78. The van der Waals surface area contributed by atoms with Crippen LogP contribution in [-0.2, 0) is 13.1 Å². The highest BCUT2D eigenvalue weighted by Gasteiger charge is 2.20. The van der Waals surface area contributed by atoms with E-state index in [1.54, 1.807) is 45.7 Å². The van der Waals surface area contributed by atoms with Gasteiger partial charge in [-0.1, -0.05) is 0 Å². The monoisotopic (exact) mass is 1090 g/mol. The number of amides is 1. The van der Waals surface area contributed by atoms with Crippen LogP contribution < -0.4 is 20.9 Å². The van der Waals surface area contributed by atoms with Crippen molar-refractivity contribution in [3.05, 3.63) is 125 Å². The number of benzene rings is 2. The quantitative estimate of drug-likeness (QED) is 0.0646. The molecule has 0 aliphatic carbocycles. The van der Waals surface area contributed by atoms with Crippen molar-refractivity contribution in [3.63, 3.8) is 0 Å². The number of nitrogens with zero attached hydrogens (tertiary/aromatic N) is 6. The smallest absolute Gasteiger partial charge is 0.352 e. The molecular formula is C44H48I2N8O5S2. The number of ketones is 2. The van der Waals surface area contributed by atoms with Crippen LogP contribution in [0.15, 0.2) is 83.8 Å². The summed E-state index contributed by atoms with van der Waals surface area (Å²) in [4.78, 5) is 61.7. The van der Waals surface area contributed by atoms with Crippen molar-refractivity contribution in [2.45, 2.75) is 65.5 Å². The van der Waals surface area contributed by atoms with Gasteiger partial charge in [0.25, 0.3) is 5.91 Å². The van der Waals surface area contributed by atoms with E-state index in [2.05, 4.69) is 65.3 Å². The predicted octanol–water partition coefficient (Wildman–Crippen LogP) is 9.80. The van der Waals surface area contributed by atoms with Crippen LogP contribution in [0.1, 0.15) is 105 Å². The normalized spacial score (nSPS) is 13.7. The molecule has 0 spiro atoms. The first-order chi connectivity index (χ1) is 29.3. The summed E-state index contributed by atoms with van der Waals surface area (Å²) in [5.41, 5.74) is 10.2. The molecule has 13 nitrogen and oxygen atoms in total. The number of Topliss-reactive ketones (excluding diaryl/α,β-unsaturated/α-hetero) is 2. The molecule has 6 aromatic rings. The van der Waals surface area contributed by atoms with Crippen LogP contribution in [0, 0.1) is 7.14 Å². The maximum absolute atomic E-state index is 12.9. The number of carbonyl (C=O) groups is 4. The van der Waals surface area contributed by atoms with Crippen LogP contribution in [-0.4, -0.2) is 73.8 Å². The highest BCUT2D eigenvalue weighted by molar-refractivity contribution is 14.1.